The summed E-state index contributed by atoms with van der Waals surface area (Å²) in [6.45, 7) is 4.44. The summed E-state index contributed by atoms with van der Waals surface area (Å²) in [6.07, 6.45) is 1.50. The van der Waals surface area contributed by atoms with Gasteiger partial charge in [0.15, 0.2) is 0 Å². The van der Waals surface area contributed by atoms with Crippen molar-refractivity contribution in [3.05, 3.63) is 35.1 Å². The molecular formula is C14H18FNO2. The van der Waals surface area contributed by atoms with Crippen LogP contribution in [0.5, 0.6) is 0 Å². The molecular weight excluding hydrogens is 233 g/mol. The Labute approximate surface area is 106 Å². The van der Waals surface area contributed by atoms with E-state index in [1.165, 1.54) is 18.2 Å². The Morgan fingerprint density at radius 1 is 1.50 bits per heavy atom. The molecule has 1 unspecified atom stereocenters. The standard InChI is InChI=1S/C14H18FNO2/c1-10-8-11(15)4-5-12(10)13(17)16-7-3-6-14(2,18)9-16/h4-5,8,18H,3,6-7,9H2,1-2H3. The van der Waals surface area contributed by atoms with E-state index in [1.54, 1.807) is 18.7 Å². The number of benzene rings is 1. The molecule has 1 N–H and O–H groups in total. The van der Waals surface area contributed by atoms with Gasteiger partial charge in [0.05, 0.1) is 5.60 Å². The number of aryl methyl sites for hydroxylation is 1. The fourth-order valence-corrected chi connectivity index (χ4v) is 2.43. The number of halogens is 1. The molecule has 3 nitrogen and oxygen atoms in total. The van der Waals surface area contributed by atoms with Crippen molar-refractivity contribution in [2.45, 2.75) is 32.3 Å². The van der Waals surface area contributed by atoms with Crippen LogP contribution in [0, 0.1) is 12.7 Å². The SMILES string of the molecule is Cc1cc(F)ccc1C(=O)N1CCCC(C)(O)C1. The van der Waals surface area contributed by atoms with E-state index in [-0.39, 0.29) is 11.7 Å². The van der Waals surface area contributed by atoms with Gasteiger partial charge in [-0.2, -0.15) is 0 Å². The van der Waals surface area contributed by atoms with E-state index in [9.17, 15) is 14.3 Å². The fraction of sp³-hybridized carbons (Fsp3) is 0.500. The first-order valence-electron chi connectivity index (χ1n) is 6.17. The third kappa shape index (κ3) is 2.70. The van der Waals surface area contributed by atoms with E-state index < -0.39 is 5.60 Å². The second-order valence-electron chi connectivity index (χ2n) is 5.29. The number of nitrogens with zero attached hydrogens (tertiary/aromatic N) is 1. The number of hydrogen-bond donors (Lipinski definition) is 1. The maximum absolute atomic E-state index is 13.0. The number of piperidine rings is 1. The van der Waals surface area contributed by atoms with Crippen LogP contribution in [0.25, 0.3) is 0 Å². The number of carbonyl (C=O) groups is 1. The number of amides is 1. The van der Waals surface area contributed by atoms with Crippen LogP contribution in [0.2, 0.25) is 0 Å². The average molecular weight is 251 g/mol. The summed E-state index contributed by atoms with van der Waals surface area (Å²) >= 11 is 0. The Kier molecular flexibility index (Phi) is 3.39. The molecule has 18 heavy (non-hydrogen) atoms. The van der Waals surface area contributed by atoms with Crippen molar-refractivity contribution in [2.24, 2.45) is 0 Å². The smallest absolute Gasteiger partial charge is 0.254 e. The highest BCUT2D eigenvalue weighted by Gasteiger charge is 2.31. The molecule has 0 bridgehead atoms. The van der Waals surface area contributed by atoms with Crippen LogP contribution in [0.3, 0.4) is 0 Å². The van der Waals surface area contributed by atoms with Crippen LogP contribution in [0.4, 0.5) is 4.39 Å². The quantitative estimate of drug-likeness (QED) is 0.830. The van der Waals surface area contributed by atoms with Gasteiger partial charge in [-0.25, -0.2) is 4.39 Å². The van der Waals surface area contributed by atoms with Crippen LogP contribution in [-0.4, -0.2) is 34.6 Å². The Bertz CT molecular complexity index is 471. The summed E-state index contributed by atoms with van der Waals surface area (Å²) in [6, 6.07) is 4.16. The molecule has 1 aromatic rings. The lowest BCUT2D eigenvalue weighted by Gasteiger charge is -2.37. The first kappa shape index (κ1) is 13.0. The summed E-state index contributed by atoms with van der Waals surface area (Å²) in [5, 5.41) is 10.0. The molecule has 1 atom stereocenters. The summed E-state index contributed by atoms with van der Waals surface area (Å²) in [7, 11) is 0. The first-order valence-corrected chi connectivity index (χ1v) is 6.17. The van der Waals surface area contributed by atoms with Gasteiger partial charge in [-0.3, -0.25) is 4.79 Å². The van der Waals surface area contributed by atoms with Crippen molar-refractivity contribution in [1.29, 1.82) is 0 Å². The van der Waals surface area contributed by atoms with Crippen LogP contribution in [0.15, 0.2) is 18.2 Å². The zero-order chi connectivity index (χ0) is 13.3. The summed E-state index contributed by atoms with van der Waals surface area (Å²) in [5.41, 5.74) is 0.321. The maximum Gasteiger partial charge on any atom is 0.254 e. The van der Waals surface area contributed by atoms with E-state index in [4.69, 9.17) is 0 Å². The third-order valence-corrected chi connectivity index (χ3v) is 3.38. The Morgan fingerprint density at radius 2 is 2.22 bits per heavy atom. The van der Waals surface area contributed by atoms with Gasteiger partial charge in [-0.05, 0) is 50.5 Å². The van der Waals surface area contributed by atoms with E-state index in [2.05, 4.69) is 0 Å². The zero-order valence-corrected chi connectivity index (χ0v) is 10.7. The summed E-state index contributed by atoms with van der Waals surface area (Å²) in [5.74, 6) is -0.470. The van der Waals surface area contributed by atoms with Crippen LogP contribution >= 0.6 is 0 Å². The molecule has 0 aliphatic carbocycles. The molecule has 98 valence electrons. The minimum atomic E-state index is -0.818. The topological polar surface area (TPSA) is 40.5 Å². The van der Waals surface area contributed by atoms with Gasteiger partial charge in [0.2, 0.25) is 0 Å². The van der Waals surface area contributed by atoms with Gasteiger partial charge in [0.1, 0.15) is 5.82 Å². The Morgan fingerprint density at radius 3 is 2.83 bits per heavy atom. The largest absolute Gasteiger partial charge is 0.388 e. The Balaban J connectivity index is 2.20. The third-order valence-electron chi connectivity index (χ3n) is 3.38. The number of likely N-dealkylation sites (tertiary alicyclic amines) is 1. The molecule has 0 spiro atoms. The number of carbonyl (C=O) groups excluding carboxylic acids is 1. The monoisotopic (exact) mass is 251 g/mol. The van der Waals surface area contributed by atoms with Gasteiger partial charge in [-0.15, -0.1) is 0 Å². The van der Waals surface area contributed by atoms with Crippen molar-refractivity contribution in [1.82, 2.24) is 4.90 Å². The molecule has 1 amide bonds. The van der Waals surface area contributed by atoms with E-state index >= 15 is 0 Å². The van der Waals surface area contributed by atoms with E-state index in [0.717, 1.165) is 6.42 Å². The molecule has 4 heteroatoms. The lowest BCUT2D eigenvalue weighted by atomic mass is 9.94. The molecule has 1 aliphatic rings. The summed E-state index contributed by atoms with van der Waals surface area (Å²) < 4.78 is 13.0. The van der Waals surface area contributed by atoms with Crippen molar-refractivity contribution < 1.29 is 14.3 Å². The predicted molar refractivity (Wildman–Crippen MR) is 66.9 cm³/mol. The van der Waals surface area contributed by atoms with Crippen molar-refractivity contribution in [3.63, 3.8) is 0 Å². The second-order valence-corrected chi connectivity index (χ2v) is 5.29. The first-order chi connectivity index (χ1) is 8.39. The zero-order valence-electron chi connectivity index (χ0n) is 10.7. The molecule has 0 aromatic heterocycles. The maximum atomic E-state index is 13.0. The Hall–Kier alpha value is -1.42. The van der Waals surface area contributed by atoms with Gasteiger partial charge >= 0.3 is 0 Å². The molecule has 1 heterocycles. The van der Waals surface area contributed by atoms with Crippen LogP contribution in [0.1, 0.15) is 35.7 Å². The van der Waals surface area contributed by atoms with Crippen molar-refractivity contribution in [2.75, 3.05) is 13.1 Å². The minimum Gasteiger partial charge on any atom is -0.388 e. The number of hydrogen-bond acceptors (Lipinski definition) is 2. The lowest BCUT2D eigenvalue weighted by Crippen LogP contribution is -2.48. The van der Waals surface area contributed by atoms with E-state index in [1.807, 2.05) is 0 Å². The van der Waals surface area contributed by atoms with Gasteiger partial charge in [-0.1, -0.05) is 0 Å². The molecule has 1 saturated heterocycles. The minimum absolute atomic E-state index is 0.132. The molecule has 1 aromatic carbocycles. The fourth-order valence-electron chi connectivity index (χ4n) is 2.43. The highest BCUT2D eigenvalue weighted by atomic mass is 19.1. The van der Waals surface area contributed by atoms with Gasteiger partial charge in [0.25, 0.3) is 5.91 Å². The van der Waals surface area contributed by atoms with Gasteiger partial charge < -0.3 is 10.0 Å². The highest BCUT2D eigenvalue weighted by molar-refractivity contribution is 5.95. The van der Waals surface area contributed by atoms with Gasteiger partial charge in [0, 0.05) is 18.7 Å². The average Bonchev–Trinajstić information content (AvgIpc) is 2.27. The normalized spacial score (nSPS) is 24.1. The second kappa shape index (κ2) is 4.69. The molecule has 1 fully saturated rings. The molecule has 1 aliphatic heterocycles. The predicted octanol–water partition coefficient (Wildman–Crippen LogP) is 2.12. The van der Waals surface area contributed by atoms with Crippen molar-refractivity contribution >= 4 is 5.91 Å². The highest BCUT2D eigenvalue weighted by Crippen LogP contribution is 2.22. The lowest BCUT2D eigenvalue weighted by molar-refractivity contribution is -0.0107. The van der Waals surface area contributed by atoms with Crippen LogP contribution < -0.4 is 0 Å². The number of β-amino-alcohol motifs (C(OH)–C–C–N with tert-alkyl or cyclic N) is 1. The number of aliphatic hydroxyl groups is 1. The number of rotatable bonds is 1. The van der Waals surface area contributed by atoms with Crippen LogP contribution in [-0.2, 0) is 0 Å². The summed E-state index contributed by atoms with van der Waals surface area (Å²) in [4.78, 5) is 14.0. The molecule has 0 saturated carbocycles. The van der Waals surface area contributed by atoms with E-state index in [0.29, 0.717) is 30.6 Å². The van der Waals surface area contributed by atoms with Crippen molar-refractivity contribution in [3.8, 4) is 0 Å². The molecule has 0 radical (unpaired) electrons. The molecule has 2 rings (SSSR count).